The number of rotatable bonds is 5. The van der Waals surface area contributed by atoms with Gasteiger partial charge in [0, 0.05) is 13.1 Å². The van der Waals surface area contributed by atoms with Crippen molar-refractivity contribution < 1.29 is 22.7 Å². The minimum atomic E-state index is -3.80. The van der Waals surface area contributed by atoms with Gasteiger partial charge in [0.1, 0.15) is 6.04 Å². The van der Waals surface area contributed by atoms with Crippen molar-refractivity contribution in [2.75, 3.05) is 25.4 Å². The summed E-state index contributed by atoms with van der Waals surface area (Å²) in [6.07, 6.45) is 0.369. The van der Waals surface area contributed by atoms with E-state index in [2.05, 4.69) is 10.1 Å². The van der Waals surface area contributed by atoms with Crippen LogP contribution in [0.25, 0.3) is 0 Å². The van der Waals surface area contributed by atoms with Gasteiger partial charge >= 0.3 is 5.97 Å². The highest BCUT2D eigenvalue weighted by atomic mass is 32.2. The van der Waals surface area contributed by atoms with Crippen molar-refractivity contribution in [3.63, 3.8) is 0 Å². The number of esters is 1. The molecule has 0 aromatic heterocycles. The fourth-order valence-corrected chi connectivity index (χ4v) is 3.40. The van der Waals surface area contributed by atoms with Gasteiger partial charge in [0.15, 0.2) is 5.75 Å². The molecule has 18 heavy (non-hydrogen) atoms. The van der Waals surface area contributed by atoms with Gasteiger partial charge in [0.05, 0.1) is 6.61 Å². The van der Waals surface area contributed by atoms with E-state index < -0.39 is 27.8 Å². The zero-order valence-corrected chi connectivity index (χ0v) is 11.3. The summed E-state index contributed by atoms with van der Waals surface area (Å²) >= 11 is 0. The Morgan fingerprint density at radius 3 is 2.72 bits per heavy atom. The number of carbonyl (C=O) groups is 2. The molecule has 0 aromatic carbocycles. The molecule has 0 saturated carbocycles. The Bertz CT molecular complexity index is 420. The first-order chi connectivity index (χ1) is 8.42. The molecule has 0 radical (unpaired) electrons. The van der Waals surface area contributed by atoms with E-state index in [0.717, 1.165) is 4.31 Å². The van der Waals surface area contributed by atoms with Crippen molar-refractivity contribution in [3.05, 3.63) is 0 Å². The number of nitrogens with one attached hydrogen (secondary N) is 1. The molecule has 1 unspecified atom stereocenters. The van der Waals surface area contributed by atoms with Crippen LogP contribution in [0.1, 0.15) is 20.3 Å². The molecule has 7 nitrogen and oxygen atoms in total. The number of carbonyl (C=O) groups excluding carboxylic acids is 2. The lowest BCUT2D eigenvalue weighted by molar-refractivity contribution is -0.140. The fraction of sp³-hybridized carbons (Fsp3) is 0.800. The van der Waals surface area contributed by atoms with E-state index in [9.17, 15) is 18.0 Å². The highest BCUT2D eigenvalue weighted by Crippen LogP contribution is 2.14. The molecule has 8 heteroatoms. The molecule has 1 aliphatic heterocycles. The van der Waals surface area contributed by atoms with Crippen LogP contribution in [0.15, 0.2) is 0 Å². The van der Waals surface area contributed by atoms with E-state index in [-0.39, 0.29) is 25.6 Å². The molecule has 1 rings (SSSR count). The molecular weight excluding hydrogens is 260 g/mol. The molecule has 1 aliphatic rings. The summed E-state index contributed by atoms with van der Waals surface area (Å²) in [6.45, 7) is 3.91. The largest absolute Gasteiger partial charge is 0.465 e. The maximum atomic E-state index is 12.0. The lowest BCUT2D eigenvalue weighted by atomic mass is 10.2. The highest BCUT2D eigenvalue weighted by Gasteiger charge is 2.37. The number of ether oxygens (including phenoxy) is 1. The van der Waals surface area contributed by atoms with Crippen LogP contribution in [0.5, 0.6) is 0 Å². The molecule has 1 fully saturated rings. The third kappa shape index (κ3) is 3.42. The molecule has 1 atom stereocenters. The molecular formula is C10H18N2O5S. The second-order valence-electron chi connectivity index (χ2n) is 3.89. The quantitative estimate of drug-likeness (QED) is 0.657. The zero-order valence-electron chi connectivity index (χ0n) is 10.5. The smallest absolute Gasteiger partial charge is 0.322 e. The summed E-state index contributed by atoms with van der Waals surface area (Å²) in [4.78, 5) is 22.8. The average Bonchev–Trinajstić information content (AvgIpc) is 2.28. The molecule has 1 amide bonds. The number of hydrogen-bond acceptors (Lipinski definition) is 5. The number of nitrogens with zero attached hydrogens (tertiary/aromatic N) is 1. The van der Waals surface area contributed by atoms with Gasteiger partial charge in [0.25, 0.3) is 0 Å². The van der Waals surface area contributed by atoms with Crippen LogP contribution < -0.4 is 5.32 Å². The third-order valence-electron chi connectivity index (χ3n) is 2.63. The van der Waals surface area contributed by atoms with Gasteiger partial charge < -0.3 is 10.1 Å². The first-order valence-corrected chi connectivity index (χ1v) is 7.46. The Balaban J connectivity index is 2.82. The lowest BCUT2D eigenvalue weighted by Gasteiger charge is -2.33. The second kappa shape index (κ2) is 6.14. The van der Waals surface area contributed by atoms with Crippen LogP contribution >= 0.6 is 0 Å². The number of amides is 1. The summed E-state index contributed by atoms with van der Waals surface area (Å²) in [6, 6.07) is -0.738. The predicted octanol–water partition coefficient (Wildman–Crippen LogP) is -0.910. The van der Waals surface area contributed by atoms with Crippen LogP contribution in [0, 0.1) is 0 Å². The summed E-state index contributed by atoms with van der Waals surface area (Å²) < 4.78 is 29.8. The Labute approximate surface area is 107 Å². The molecule has 104 valence electrons. The van der Waals surface area contributed by atoms with E-state index in [1.165, 1.54) is 0 Å². The summed E-state index contributed by atoms with van der Waals surface area (Å²) in [5, 5.41) is 2.60. The monoisotopic (exact) mass is 278 g/mol. The third-order valence-corrected chi connectivity index (χ3v) is 4.38. The zero-order chi connectivity index (χ0) is 13.8. The summed E-state index contributed by atoms with van der Waals surface area (Å²) in [5.41, 5.74) is 0. The Morgan fingerprint density at radius 2 is 2.17 bits per heavy atom. The standard InChI is InChI=1S/C10H18N2O5S/c1-3-8-10(14)11-5-6-12(8)18(15,16)7-9(13)17-4-2/h8H,3-7H2,1-2H3,(H,11,14). The van der Waals surface area contributed by atoms with Crippen molar-refractivity contribution in [1.29, 1.82) is 0 Å². The maximum absolute atomic E-state index is 12.0. The van der Waals surface area contributed by atoms with E-state index in [4.69, 9.17) is 0 Å². The lowest BCUT2D eigenvalue weighted by Crippen LogP contribution is -2.57. The normalized spacial score (nSPS) is 21.4. The topological polar surface area (TPSA) is 92.8 Å². The van der Waals surface area contributed by atoms with Crippen molar-refractivity contribution in [3.8, 4) is 0 Å². The van der Waals surface area contributed by atoms with Gasteiger partial charge in [0.2, 0.25) is 15.9 Å². The summed E-state index contributed by atoms with van der Waals surface area (Å²) in [5.74, 6) is -1.83. The van der Waals surface area contributed by atoms with Crippen LogP contribution in [0.4, 0.5) is 0 Å². The van der Waals surface area contributed by atoms with Crippen LogP contribution in [0.3, 0.4) is 0 Å². The minimum absolute atomic E-state index is 0.131. The van der Waals surface area contributed by atoms with Crippen LogP contribution in [-0.2, 0) is 24.3 Å². The Morgan fingerprint density at radius 1 is 1.50 bits per heavy atom. The number of hydrogen-bond donors (Lipinski definition) is 1. The van der Waals surface area contributed by atoms with Gasteiger partial charge in [-0.15, -0.1) is 0 Å². The predicted molar refractivity (Wildman–Crippen MR) is 64.2 cm³/mol. The van der Waals surface area contributed by atoms with E-state index in [0.29, 0.717) is 6.42 Å². The molecule has 1 heterocycles. The van der Waals surface area contributed by atoms with Crippen molar-refractivity contribution in [1.82, 2.24) is 9.62 Å². The minimum Gasteiger partial charge on any atom is -0.465 e. The van der Waals surface area contributed by atoms with Crippen molar-refractivity contribution in [2.24, 2.45) is 0 Å². The van der Waals surface area contributed by atoms with Crippen molar-refractivity contribution in [2.45, 2.75) is 26.3 Å². The Kier molecular flexibility index (Phi) is 5.09. The van der Waals surface area contributed by atoms with E-state index >= 15 is 0 Å². The van der Waals surface area contributed by atoms with E-state index in [1.54, 1.807) is 13.8 Å². The highest BCUT2D eigenvalue weighted by molar-refractivity contribution is 7.89. The molecule has 0 bridgehead atoms. The Hall–Kier alpha value is -1.15. The van der Waals surface area contributed by atoms with Crippen LogP contribution in [-0.4, -0.2) is 56.1 Å². The number of sulfonamides is 1. The maximum Gasteiger partial charge on any atom is 0.322 e. The van der Waals surface area contributed by atoms with Gasteiger partial charge in [-0.25, -0.2) is 8.42 Å². The van der Waals surface area contributed by atoms with Crippen LogP contribution in [0.2, 0.25) is 0 Å². The van der Waals surface area contributed by atoms with Gasteiger partial charge in [-0.3, -0.25) is 9.59 Å². The van der Waals surface area contributed by atoms with Crippen molar-refractivity contribution >= 4 is 21.9 Å². The van der Waals surface area contributed by atoms with E-state index in [1.807, 2.05) is 0 Å². The fourth-order valence-electron chi connectivity index (χ4n) is 1.85. The van der Waals surface area contributed by atoms with Gasteiger partial charge in [-0.05, 0) is 13.3 Å². The molecule has 0 spiro atoms. The van der Waals surface area contributed by atoms with Gasteiger partial charge in [-0.1, -0.05) is 6.92 Å². The first kappa shape index (κ1) is 14.9. The summed E-state index contributed by atoms with van der Waals surface area (Å²) in [7, 11) is -3.80. The number of piperazine rings is 1. The average molecular weight is 278 g/mol. The molecule has 0 aromatic rings. The first-order valence-electron chi connectivity index (χ1n) is 5.85. The molecule has 1 N–H and O–H groups in total. The SMILES string of the molecule is CCOC(=O)CS(=O)(=O)N1CCNC(=O)C1CC. The molecule has 1 saturated heterocycles. The second-order valence-corrected chi connectivity index (χ2v) is 5.81. The van der Waals surface area contributed by atoms with Gasteiger partial charge in [-0.2, -0.15) is 4.31 Å². The molecule has 0 aliphatic carbocycles.